The van der Waals surface area contributed by atoms with Gasteiger partial charge in [0.05, 0.1) is 0 Å². The van der Waals surface area contributed by atoms with Gasteiger partial charge in [-0.3, -0.25) is 9.59 Å². The number of carbonyl (C=O) groups is 2. The second kappa shape index (κ2) is 9.75. The molecule has 0 amide bonds. The summed E-state index contributed by atoms with van der Waals surface area (Å²) in [5.41, 5.74) is 1.60. The summed E-state index contributed by atoms with van der Waals surface area (Å²) in [4.78, 5) is 24.2. The van der Waals surface area contributed by atoms with E-state index in [4.69, 9.17) is 0 Å². The summed E-state index contributed by atoms with van der Waals surface area (Å²) < 4.78 is 0. The second-order valence-corrected chi connectivity index (χ2v) is 13.9. The molecule has 0 saturated heterocycles. The molecule has 0 N–H and O–H groups in total. The maximum Gasteiger partial charge on any atom is 0.145 e. The third-order valence-electron chi connectivity index (χ3n) is 6.72. The number of ketones is 2. The molecule has 0 saturated carbocycles. The van der Waals surface area contributed by atoms with Crippen molar-refractivity contribution in [2.45, 2.75) is 109 Å². The van der Waals surface area contributed by atoms with Crippen LogP contribution >= 0.6 is 0 Å². The topological polar surface area (TPSA) is 34.1 Å². The lowest BCUT2D eigenvalue weighted by Crippen LogP contribution is -2.31. The molecule has 2 rings (SSSR count). The van der Waals surface area contributed by atoms with Gasteiger partial charge < -0.3 is 0 Å². The molecule has 0 fully saturated rings. The Morgan fingerprint density at radius 2 is 1.16 bits per heavy atom. The molecule has 0 aromatic carbocycles. The zero-order valence-electron chi connectivity index (χ0n) is 22.6. The Morgan fingerprint density at radius 3 is 1.48 bits per heavy atom. The third-order valence-corrected chi connectivity index (χ3v) is 6.72. The monoisotopic (exact) mass is 430 g/mol. The summed E-state index contributed by atoms with van der Waals surface area (Å²) in [5, 5.41) is 0. The van der Waals surface area contributed by atoms with Crippen LogP contribution in [0.3, 0.4) is 0 Å². The fourth-order valence-electron chi connectivity index (χ4n) is 4.42. The van der Waals surface area contributed by atoms with E-state index in [0.717, 1.165) is 25.7 Å². The largest absolute Gasteiger partial charge is 0.298 e. The molecule has 0 bridgehead atoms. The highest BCUT2D eigenvalue weighted by atomic mass is 16.1. The minimum atomic E-state index is -0.205. The van der Waals surface area contributed by atoms with Gasteiger partial charge in [0.25, 0.3) is 0 Å². The van der Waals surface area contributed by atoms with Crippen LogP contribution in [0, 0.1) is 39.4 Å². The van der Waals surface area contributed by atoms with E-state index in [2.05, 4.69) is 59.8 Å². The zero-order valence-corrected chi connectivity index (χ0v) is 22.6. The molecule has 2 aliphatic carbocycles. The van der Waals surface area contributed by atoms with Crippen LogP contribution in [-0.4, -0.2) is 11.6 Å². The van der Waals surface area contributed by atoms with Crippen molar-refractivity contribution >= 4 is 11.6 Å². The van der Waals surface area contributed by atoms with Gasteiger partial charge in [0.15, 0.2) is 0 Å². The lowest BCUT2D eigenvalue weighted by Gasteiger charge is -2.33. The molecule has 0 aliphatic heterocycles. The van der Waals surface area contributed by atoms with Gasteiger partial charge in [0.1, 0.15) is 11.6 Å². The van der Waals surface area contributed by atoms with Crippen molar-refractivity contribution in [3.8, 4) is 0 Å². The summed E-state index contributed by atoms with van der Waals surface area (Å²) in [6.07, 6.45) is 10.9. The number of allylic oxidation sites excluding steroid dienone is 4. The molecule has 0 spiro atoms. The minimum absolute atomic E-state index is 0.151. The highest BCUT2D eigenvalue weighted by molar-refractivity contribution is 5.88. The number of hydrogen-bond donors (Lipinski definition) is 0. The number of rotatable bonds is 2. The standard InChI is InChI=1S/C15H26O.C14H24O/c1-14(2,3)12-9-7-11(8-10-12)13(16)15(4,5)6;1-13(2,3)11-8-7-10(9-11)12(15)14(4,5)6/h7,9,11-12H,8,10H2,1-6H3;9-10H,7-8H2,1-6H3. The molecule has 3 unspecified atom stereocenters. The van der Waals surface area contributed by atoms with Gasteiger partial charge in [-0.2, -0.15) is 0 Å². The molecule has 0 heterocycles. The number of Topliss-reactive ketones (excluding diaryl/α,β-unsaturated/α-hetero) is 2. The van der Waals surface area contributed by atoms with Gasteiger partial charge in [0.2, 0.25) is 0 Å². The molecule has 178 valence electrons. The van der Waals surface area contributed by atoms with E-state index in [0.29, 0.717) is 22.9 Å². The molecule has 0 aromatic heterocycles. The number of hydrogen-bond acceptors (Lipinski definition) is 2. The molecule has 0 aromatic rings. The van der Waals surface area contributed by atoms with Crippen molar-refractivity contribution < 1.29 is 9.59 Å². The van der Waals surface area contributed by atoms with Gasteiger partial charge in [-0.1, -0.05) is 107 Å². The molecule has 31 heavy (non-hydrogen) atoms. The van der Waals surface area contributed by atoms with Crippen LogP contribution in [0.25, 0.3) is 0 Å². The lowest BCUT2D eigenvalue weighted by molar-refractivity contribution is -0.129. The van der Waals surface area contributed by atoms with Crippen LogP contribution < -0.4 is 0 Å². The van der Waals surface area contributed by atoms with E-state index in [1.165, 1.54) is 5.57 Å². The van der Waals surface area contributed by atoms with Gasteiger partial charge in [-0.05, 0) is 42.4 Å². The van der Waals surface area contributed by atoms with Crippen LogP contribution in [0.4, 0.5) is 0 Å². The van der Waals surface area contributed by atoms with E-state index in [1.807, 2.05) is 41.5 Å². The highest BCUT2D eigenvalue weighted by Crippen LogP contribution is 2.39. The van der Waals surface area contributed by atoms with E-state index in [1.54, 1.807) is 0 Å². The lowest BCUT2D eigenvalue weighted by atomic mass is 9.71. The summed E-state index contributed by atoms with van der Waals surface area (Å²) in [6.45, 7) is 25.6. The zero-order chi connectivity index (χ0) is 24.4. The smallest absolute Gasteiger partial charge is 0.145 e. The van der Waals surface area contributed by atoms with Crippen molar-refractivity contribution in [1.82, 2.24) is 0 Å². The van der Waals surface area contributed by atoms with Crippen molar-refractivity contribution in [2.24, 2.45) is 39.4 Å². The van der Waals surface area contributed by atoms with E-state index < -0.39 is 0 Å². The molecule has 2 nitrogen and oxygen atoms in total. The summed E-state index contributed by atoms with van der Waals surface area (Å²) in [7, 11) is 0. The van der Waals surface area contributed by atoms with Crippen molar-refractivity contribution in [3.05, 3.63) is 23.8 Å². The molecule has 0 radical (unpaired) electrons. The van der Waals surface area contributed by atoms with Crippen LogP contribution in [0.2, 0.25) is 0 Å². The molecular weight excluding hydrogens is 380 g/mol. The predicted octanol–water partition coefficient (Wildman–Crippen LogP) is 8.21. The van der Waals surface area contributed by atoms with E-state index >= 15 is 0 Å². The van der Waals surface area contributed by atoms with Gasteiger partial charge in [-0.15, -0.1) is 0 Å². The Bertz CT molecular complexity index is 693. The first kappa shape index (κ1) is 27.9. The van der Waals surface area contributed by atoms with Crippen LogP contribution in [0.1, 0.15) is 109 Å². The predicted molar refractivity (Wildman–Crippen MR) is 134 cm³/mol. The normalized spacial score (nSPS) is 24.9. The molecule has 2 heteroatoms. The minimum Gasteiger partial charge on any atom is -0.298 e. The van der Waals surface area contributed by atoms with Gasteiger partial charge >= 0.3 is 0 Å². The molecule has 2 aliphatic rings. The summed E-state index contributed by atoms with van der Waals surface area (Å²) in [6, 6.07) is 0. The number of carbonyl (C=O) groups excluding carboxylic acids is 2. The average molecular weight is 431 g/mol. The Morgan fingerprint density at radius 1 is 0.677 bits per heavy atom. The Labute approximate surface area is 193 Å². The van der Waals surface area contributed by atoms with Gasteiger partial charge in [-0.25, -0.2) is 0 Å². The fourth-order valence-corrected chi connectivity index (χ4v) is 4.42. The quantitative estimate of drug-likeness (QED) is 0.413. The third kappa shape index (κ3) is 8.35. The first-order chi connectivity index (χ1) is 13.7. The molecular formula is C29H50O2. The fraction of sp³-hybridized carbons (Fsp3) is 0.793. The summed E-state index contributed by atoms with van der Waals surface area (Å²) in [5.74, 6) is 1.72. The maximum atomic E-state index is 12.1. The van der Waals surface area contributed by atoms with Crippen molar-refractivity contribution in [1.29, 1.82) is 0 Å². The Kier molecular flexibility index (Phi) is 8.76. The van der Waals surface area contributed by atoms with Gasteiger partial charge in [0, 0.05) is 22.7 Å². The first-order valence-electron chi connectivity index (χ1n) is 12.2. The maximum absolute atomic E-state index is 12.1. The van der Waals surface area contributed by atoms with E-state index in [9.17, 15) is 9.59 Å². The second-order valence-electron chi connectivity index (χ2n) is 13.9. The van der Waals surface area contributed by atoms with Crippen molar-refractivity contribution in [3.63, 3.8) is 0 Å². The SMILES string of the molecule is CC(C)(C)C(=O)C1C=C(C(C)(C)C)CC1.CC(C)(C)C(=O)C1C=CC(C(C)(C)C)CC1. The Balaban J connectivity index is 0.000000311. The van der Waals surface area contributed by atoms with Crippen LogP contribution in [0.15, 0.2) is 23.8 Å². The highest BCUT2D eigenvalue weighted by Gasteiger charge is 2.34. The van der Waals surface area contributed by atoms with Crippen LogP contribution in [0.5, 0.6) is 0 Å². The van der Waals surface area contributed by atoms with Crippen molar-refractivity contribution in [2.75, 3.05) is 0 Å². The van der Waals surface area contributed by atoms with Crippen LogP contribution in [-0.2, 0) is 9.59 Å². The summed E-state index contributed by atoms with van der Waals surface area (Å²) >= 11 is 0. The first-order valence-corrected chi connectivity index (χ1v) is 12.2. The molecule has 3 atom stereocenters. The Hall–Kier alpha value is -1.18. The average Bonchev–Trinajstić information content (AvgIpc) is 3.09. The van der Waals surface area contributed by atoms with E-state index in [-0.39, 0.29) is 28.1 Å².